The molecule has 1 aliphatic heterocycles. The lowest BCUT2D eigenvalue weighted by atomic mass is 9.76. The summed E-state index contributed by atoms with van der Waals surface area (Å²) in [7, 11) is 2.14. The van der Waals surface area contributed by atoms with Gasteiger partial charge in [0, 0.05) is 13.1 Å². The third-order valence-corrected chi connectivity index (χ3v) is 4.99. The van der Waals surface area contributed by atoms with Crippen LogP contribution in [-0.2, 0) is 13.2 Å². The van der Waals surface area contributed by atoms with Gasteiger partial charge in [-0.15, -0.1) is 0 Å². The number of aliphatic hydroxyl groups is 2. The largest absolute Gasteiger partial charge is 0.393 e. The van der Waals surface area contributed by atoms with Gasteiger partial charge in [-0.25, -0.2) is 0 Å². The fraction of sp³-hybridized carbons (Fsp3) is 0.556. The van der Waals surface area contributed by atoms with Gasteiger partial charge in [0.1, 0.15) is 0 Å². The van der Waals surface area contributed by atoms with Gasteiger partial charge in [0.15, 0.2) is 0 Å². The van der Waals surface area contributed by atoms with Crippen LogP contribution in [0.4, 0.5) is 0 Å². The minimum absolute atomic E-state index is 0.0918. The first kappa shape index (κ1) is 14.8. The molecule has 2 N–H and O–H groups in total. The molecule has 2 unspecified atom stereocenters. The molecule has 1 aliphatic carbocycles. The Morgan fingerprint density at radius 1 is 1.29 bits per heavy atom. The van der Waals surface area contributed by atoms with Crippen molar-refractivity contribution in [3.63, 3.8) is 0 Å². The molecule has 0 fully saturated rings. The molecule has 1 heterocycles. The fourth-order valence-corrected chi connectivity index (χ4v) is 4.09. The van der Waals surface area contributed by atoms with Gasteiger partial charge in [-0.05, 0) is 66.1 Å². The van der Waals surface area contributed by atoms with E-state index < -0.39 is 0 Å². The first-order chi connectivity index (χ1) is 10.0. The number of aliphatic hydroxyl groups excluding tert-OH is 2. The number of fused-ring (bicyclic) bond motifs is 2. The second kappa shape index (κ2) is 5.56. The Bertz CT molecular complexity index is 591. The van der Waals surface area contributed by atoms with Gasteiger partial charge < -0.3 is 10.2 Å². The summed E-state index contributed by atoms with van der Waals surface area (Å²) >= 11 is 0. The van der Waals surface area contributed by atoms with Crippen LogP contribution in [0, 0.1) is 12.8 Å². The number of benzene rings is 1. The minimum Gasteiger partial charge on any atom is -0.393 e. The van der Waals surface area contributed by atoms with Crippen LogP contribution in [-0.4, -0.2) is 34.8 Å². The number of rotatable bonds is 1. The molecule has 0 spiro atoms. The number of allylic oxidation sites excluding steroid dienone is 1. The summed E-state index contributed by atoms with van der Waals surface area (Å²) in [6, 6.07) is 4.22. The third kappa shape index (κ3) is 2.54. The molecule has 114 valence electrons. The average Bonchev–Trinajstić information content (AvgIpc) is 2.54. The van der Waals surface area contributed by atoms with Gasteiger partial charge in [0.2, 0.25) is 0 Å². The van der Waals surface area contributed by atoms with Crippen LogP contribution in [0.2, 0.25) is 0 Å². The first-order valence-electron chi connectivity index (χ1n) is 7.82. The molecule has 0 saturated carbocycles. The number of nitrogens with zero attached hydrogens (tertiary/aromatic N) is 1. The van der Waals surface area contributed by atoms with Crippen LogP contribution in [0.25, 0.3) is 5.57 Å². The second-order valence-corrected chi connectivity index (χ2v) is 6.73. The molecule has 0 radical (unpaired) electrons. The standard InChI is InChI=1S/C18H25NO2/c1-11-6-16(21)7-15-9-19(3)8-13-4-5-14(10-20)12(2)18(13)17(11)15/h4-5,11,16,20-21H,6-10H2,1-3H3. The van der Waals surface area contributed by atoms with Gasteiger partial charge in [-0.2, -0.15) is 0 Å². The molecule has 3 rings (SSSR count). The molecule has 2 atom stereocenters. The molecule has 0 aromatic heterocycles. The predicted molar refractivity (Wildman–Crippen MR) is 84.8 cm³/mol. The van der Waals surface area contributed by atoms with Crippen molar-refractivity contribution in [2.24, 2.45) is 5.92 Å². The Labute approximate surface area is 126 Å². The highest BCUT2D eigenvalue weighted by Crippen LogP contribution is 2.42. The molecule has 1 aromatic rings. The van der Waals surface area contributed by atoms with Crippen molar-refractivity contribution in [2.75, 3.05) is 13.6 Å². The molecule has 3 nitrogen and oxygen atoms in total. The predicted octanol–water partition coefficient (Wildman–Crippen LogP) is 2.48. The van der Waals surface area contributed by atoms with Crippen molar-refractivity contribution in [3.05, 3.63) is 40.0 Å². The van der Waals surface area contributed by atoms with Crippen LogP contribution in [0.1, 0.15) is 42.0 Å². The topological polar surface area (TPSA) is 43.7 Å². The van der Waals surface area contributed by atoms with E-state index in [4.69, 9.17) is 0 Å². The van der Waals surface area contributed by atoms with Crippen LogP contribution < -0.4 is 0 Å². The molecular weight excluding hydrogens is 262 g/mol. The van der Waals surface area contributed by atoms with Gasteiger partial charge in [-0.3, -0.25) is 4.90 Å². The molecular formula is C18H25NO2. The monoisotopic (exact) mass is 287 g/mol. The number of likely N-dealkylation sites (N-methyl/N-ethyl adjacent to an activating group) is 1. The molecule has 21 heavy (non-hydrogen) atoms. The summed E-state index contributed by atoms with van der Waals surface area (Å²) in [5.74, 6) is 0.377. The van der Waals surface area contributed by atoms with Gasteiger partial charge in [-0.1, -0.05) is 19.1 Å². The Balaban J connectivity index is 2.23. The highest BCUT2D eigenvalue weighted by Gasteiger charge is 2.31. The summed E-state index contributed by atoms with van der Waals surface area (Å²) in [5.41, 5.74) is 7.71. The lowest BCUT2D eigenvalue weighted by Gasteiger charge is -2.31. The molecule has 2 aliphatic rings. The smallest absolute Gasteiger partial charge is 0.0684 e. The molecule has 0 saturated heterocycles. The highest BCUT2D eigenvalue weighted by atomic mass is 16.3. The highest BCUT2D eigenvalue weighted by molar-refractivity contribution is 5.77. The van der Waals surface area contributed by atoms with Crippen LogP contribution >= 0.6 is 0 Å². The summed E-state index contributed by atoms with van der Waals surface area (Å²) < 4.78 is 0. The molecule has 3 heteroatoms. The lowest BCUT2D eigenvalue weighted by molar-refractivity contribution is 0.145. The first-order valence-corrected chi connectivity index (χ1v) is 7.82. The normalized spacial score (nSPS) is 26.3. The maximum Gasteiger partial charge on any atom is 0.0684 e. The zero-order chi connectivity index (χ0) is 15.1. The maximum atomic E-state index is 10.1. The SMILES string of the molecule is Cc1c(CO)ccc2c1C1=C(CC(O)CC1C)CN(C)C2. The fourth-order valence-electron chi connectivity index (χ4n) is 4.09. The van der Waals surface area contributed by atoms with E-state index in [1.165, 1.54) is 27.8 Å². The lowest BCUT2D eigenvalue weighted by Crippen LogP contribution is -2.25. The Morgan fingerprint density at radius 2 is 2.05 bits per heavy atom. The Kier molecular flexibility index (Phi) is 3.91. The Morgan fingerprint density at radius 3 is 2.76 bits per heavy atom. The van der Waals surface area contributed by atoms with Crippen molar-refractivity contribution in [2.45, 2.75) is 45.9 Å². The zero-order valence-electron chi connectivity index (χ0n) is 13.2. The number of hydrogen-bond acceptors (Lipinski definition) is 3. The summed E-state index contributed by atoms with van der Waals surface area (Å²) in [6.45, 7) is 6.29. The maximum absolute atomic E-state index is 10.1. The van der Waals surface area contributed by atoms with Crippen molar-refractivity contribution in [3.8, 4) is 0 Å². The second-order valence-electron chi connectivity index (χ2n) is 6.73. The third-order valence-electron chi connectivity index (χ3n) is 4.99. The summed E-state index contributed by atoms with van der Waals surface area (Å²) in [5, 5.41) is 19.7. The molecule has 0 bridgehead atoms. The van der Waals surface area contributed by atoms with E-state index in [2.05, 4.69) is 37.9 Å². The van der Waals surface area contributed by atoms with E-state index in [0.29, 0.717) is 5.92 Å². The average molecular weight is 287 g/mol. The van der Waals surface area contributed by atoms with Gasteiger partial charge in [0.05, 0.1) is 12.7 Å². The van der Waals surface area contributed by atoms with Crippen molar-refractivity contribution < 1.29 is 10.2 Å². The number of hydrogen-bond donors (Lipinski definition) is 2. The van der Waals surface area contributed by atoms with E-state index >= 15 is 0 Å². The van der Waals surface area contributed by atoms with E-state index in [1.807, 2.05) is 0 Å². The molecule has 1 aromatic carbocycles. The summed E-state index contributed by atoms with van der Waals surface area (Å²) in [6.07, 6.45) is 1.41. The van der Waals surface area contributed by atoms with Gasteiger partial charge >= 0.3 is 0 Å². The van der Waals surface area contributed by atoms with Crippen LogP contribution in [0.5, 0.6) is 0 Å². The van der Waals surface area contributed by atoms with Crippen molar-refractivity contribution in [1.29, 1.82) is 0 Å². The van der Waals surface area contributed by atoms with E-state index in [0.717, 1.165) is 31.5 Å². The summed E-state index contributed by atoms with van der Waals surface area (Å²) in [4.78, 5) is 2.32. The Hall–Kier alpha value is -1.16. The minimum atomic E-state index is -0.213. The quantitative estimate of drug-likeness (QED) is 0.834. The zero-order valence-corrected chi connectivity index (χ0v) is 13.2. The van der Waals surface area contributed by atoms with E-state index in [1.54, 1.807) is 0 Å². The van der Waals surface area contributed by atoms with E-state index in [9.17, 15) is 10.2 Å². The van der Waals surface area contributed by atoms with Gasteiger partial charge in [0.25, 0.3) is 0 Å². The molecule has 0 amide bonds. The van der Waals surface area contributed by atoms with E-state index in [-0.39, 0.29) is 12.7 Å². The van der Waals surface area contributed by atoms with Crippen molar-refractivity contribution >= 4 is 5.57 Å². The van der Waals surface area contributed by atoms with Crippen LogP contribution in [0.3, 0.4) is 0 Å². The van der Waals surface area contributed by atoms with Crippen LogP contribution in [0.15, 0.2) is 17.7 Å². The van der Waals surface area contributed by atoms with Crippen molar-refractivity contribution in [1.82, 2.24) is 4.90 Å².